The Hall–Kier alpha value is -2.96. The van der Waals surface area contributed by atoms with E-state index in [4.69, 9.17) is 0 Å². The molecule has 0 spiro atoms. The van der Waals surface area contributed by atoms with Gasteiger partial charge in [0, 0.05) is 11.9 Å². The van der Waals surface area contributed by atoms with Crippen LogP contribution in [0.2, 0.25) is 0 Å². The van der Waals surface area contributed by atoms with Crippen LogP contribution in [0.3, 0.4) is 0 Å². The van der Waals surface area contributed by atoms with Gasteiger partial charge in [0.1, 0.15) is 0 Å². The van der Waals surface area contributed by atoms with Crippen LogP contribution in [0.25, 0.3) is 10.8 Å². The highest BCUT2D eigenvalue weighted by molar-refractivity contribution is 6.35. The number of carbonyl (C=O) groups is 2. The average molecular weight is 286 g/mol. The third kappa shape index (κ3) is 3.33. The van der Waals surface area contributed by atoms with Gasteiger partial charge < -0.3 is 10.6 Å². The largest absolute Gasteiger partial charge is 0.344 e. The minimum atomic E-state index is -0.770. The minimum absolute atomic E-state index is 0.0393. The van der Waals surface area contributed by atoms with Crippen LogP contribution in [-0.2, 0) is 16.1 Å². The maximum atomic E-state index is 11.6. The van der Waals surface area contributed by atoms with E-state index < -0.39 is 11.8 Å². The molecule has 0 fully saturated rings. The van der Waals surface area contributed by atoms with Crippen molar-refractivity contribution in [1.82, 2.24) is 20.8 Å². The Balaban J connectivity index is 2.12. The van der Waals surface area contributed by atoms with Crippen molar-refractivity contribution in [3.63, 3.8) is 0 Å². The van der Waals surface area contributed by atoms with Gasteiger partial charge in [-0.3, -0.25) is 14.4 Å². The number of rotatable bonds is 4. The van der Waals surface area contributed by atoms with Gasteiger partial charge in [-0.2, -0.15) is 5.10 Å². The Bertz CT molecular complexity index is 751. The van der Waals surface area contributed by atoms with Gasteiger partial charge in [0.2, 0.25) is 0 Å². The van der Waals surface area contributed by atoms with Crippen LogP contribution in [0.1, 0.15) is 5.69 Å². The Morgan fingerprint density at radius 2 is 1.86 bits per heavy atom. The molecule has 2 amide bonds. The van der Waals surface area contributed by atoms with Crippen molar-refractivity contribution in [3.8, 4) is 0 Å². The summed E-state index contributed by atoms with van der Waals surface area (Å²) in [6.07, 6.45) is 1.47. The van der Waals surface area contributed by atoms with Gasteiger partial charge in [-0.1, -0.05) is 24.3 Å². The summed E-state index contributed by atoms with van der Waals surface area (Å²) >= 11 is 0. The molecule has 21 heavy (non-hydrogen) atoms. The third-order valence-electron chi connectivity index (χ3n) is 2.80. The predicted molar refractivity (Wildman–Crippen MR) is 77.4 cm³/mol. The Morgan fingerprint density at radius 1 is 1.19 bits per heavy atom. The molecule has 0 bridgehead atoms. The SMILES string of the molecule is C=CCNC(=O)C(=O)NCc1n[nH]c(=O)c2ccccc12. The van der Waals surface area contributed by atoms with Gasteiger partial charge in [-0.05, 0) is 6.07 Å². The number of benzene rings is 1. The molecule has 108 valence electrons. The fraction of sp³-hybridized carbons (Fsp3) is 0.143. The van der Waals surface area contributed by atoms with Gasteiger partial charge >= 0.3 is 11.8 Å². The molecular formula is C14H14N4O3. The van der Waals surface area contributed by atoms with Crippen molar-refractivity contribution in [2.45, 2.75) is 6.54 Å². The van der Waals surface area contributed by atoms with Gasteiger partial charge in [0.15, 0.2) is 0 Å². The molecule has 0 saturated heterocycles. The fourth-order valence-electron chi connectivity index (χ4n) is 1.80. The highest BCUT2D eigenvalue weighted by Gasteiger charge is 2.13. The topological polar surface area (TPSA) is 104 Å². The van der Waals surface area contributed by atoms with Crippen LogP contribution in [-0.4, -0.2) is 28.6 Å². The number of fused-ring (bicyclic) bond motifs is 1. The van der Waals surface area contributed by atoms with Crippen LogP contribution in [0.15, 0.2) is 41.7 Å². The Kier molecular flexibility index (Phi) is 4.45. The normalized spacial score (nSPS) is 10.1. The lowest BCUT2D eigenvalue weighted by atomic mass is 10.1. The van der Waals surface area contributed by atoms with E-state index in [1.807, 2.05) is 0 Å². The number of hydrogen-bond acceptors (Lipinski definition) is 4. The molecule has 1 aromatic carbocycles. The summed E-state index contributed by atoms with van der Waals surface area (Å²) in [5.74, 6) is -1.52. The van der Waals surface area contributed by atoms with Gasteiger partial charge in [0.05, 0.1) is 17.6 Å². The zero-order chi connectivity index (χ0) is 15.2. The van der Waals surface area contributed by atoms with Crippen molar-refractivity contribution in [2.75, 3.05) is 6.54 Å². The van der Waals surface area contributed by atoms with Crippen molar-refractivity contribution in [3.05, 3.63) is 53.0 Å². The predicted octanol–water partition coefficient (Wildman–Crippen LogP) is -0.158. The van der Waals surface area contributed by atoms with Gasteiger partial charge in [0.25, 0.3) is 5.56 Å². The van der Waals surface area contributed by atoms with Gasteiger partial charge in [-0.25, -0.2) is 5.10 Å². The first-order valence-electron chi connectivity index (χ1n) is 6.26. The van der Waals surface area contributed by atoms with E-state index in [-0.39, 0.29) is 18.6 Å². The average Bonchev–Trinajstić information content (AvgIpc) is 2.52. The molecule has 1 aromatic heterocycles. The smallest absolute Gasteiger partial charge is 0.309 e. The molecule has 0 radical (unpaired) electrons. The molecule has 0 unspecified atom stereocenters. The molecule has 0 atom stereocenters. The van der Waals surface area contributed by atoms with E-state index >= 15 is 0 Å². The molecule has 0 saturated carbocycles. The summed E-state index contributed by atoms with van der Waals surface area (Å²) in [5, 5.41) is 12.2. The summed E-state index contributed by atoms with van der Waals surface area (Å²) in [4.78, 5) is 34.6. The summed E-state index contributed by atoms with van der Waals surface area (Å²) in [6.45, 7) is 3.69. The summed E-state index contributed by atoms with van der Waals surface area (Å²) in [6, 6.07) is 6.91. The molecule has 7 heteroatoms. The molecule has 3 N–H and O–H groups in total. The molecule has 0 aliphatic rings. The monoisotopic (exact) mass is 286 g/mol. The van der Waals surface area contributed by atoms with Crippen LogP contribution in [0.4, 0.5) is 0 Å². The maximum absolute atomic E-state index is 11.6. The van der Waals surface area contributed by atoms with Crippen molar-refractivity contribution in [1.29, 1.82) is 0 Å². The van der Waals surface area contributed by atoms with Gasteiger partial charge in [-0.15, -0.1) is 6.58 Å². The van der Waals surface area contributed by atoms with E-state index in [0.717, 1.165) is 0 Å². The molecule has 7 nitrogen and oxygen atoms in total. The van der Waals surface area contributed by atoms with E-state index in [1.165, 1.54) is 6.08 Å². The number of nitrogens with zero attached hydrogens (tertiary/aromatic N) is 1. The highest BCUT2D eigenvalue weighted by Crippen LogP contribution is 2.11. The lowest BCUT2D eigenvalue weighted by molar-refractivity contribution is -0.139. The lowest BCUT2D eigenvalue weighted by Gasteiger charge is -2.06. The second-order valence-corrected chi connectivity index (χ2v) is 4.23. The number of aromatic amines is 1. The van der Waals surface area contributed by atoms with Crippen molar-refractivity contribution < 1.29 is 9.59 Å². The van der Waals surface area contributed by atoms with E-state index in [0.29, 0.717) is 16.5 Å². The van der Waals surface area contributed by atoms with Crippen LogP contribution < -0.4 is 16.2 Å². The molecule has 2 aromatic rings. The molecular weight excluding hydrogens is 272 g/mol. The van der Waals surface area contributed by atoms with E-state index in [1.54, 1.807) is 24.3 Å². The first-order chi connectivity index (χ1) is 10.1. The van der Waals surface area contributed by atoms with E-state index in [2.05, 4.69) is 27.4 Å². The Labute approximate surface area is 120 Å². The number of H-pyrrole nitrogens is 1. The molecule has 1 heterocycles. The second-order valence-electron chi connectivity index (χ2n) is 4.23. The van der Waals surface area contributed by atoms with Crippen molar-refractivity contribution in [2.24, 2.45) is 0 Å². The summed E-state index contributed by atoms with van der Waals surface area (Å²) in [7, 11) is 0. The van der Waals surface area contributed by atoms with E-state index in [9.17, 15) is 14.4 Å². The number of nitrogens with one attached hydrogen (secondary N) is 3. The number of aromatic nitrogens is 2. The molecule has 0 aliphatic carbocycles. The second kappa shape index (κ2) is 6.47. The van der Waals surface area contributed by atoms with Crippen LogP contribution in [0.5, 0.6) is 0 Å². The number of carbonyl (C=O) groups excluding carboxylic acids is 2. The third-order valence-corrected chi connectivity index (χ3v) is 2.80. The Morgan fingerprint density at radius 3 is 2.57 bits per heavy atom. The fourth-order valence-corrected chi connectivity index (χ4v) is 1.80. The molecule has 0 aliphatic heterocycles. The first kappa shape index (κ1) is 14.4. The van der Waals surface area contributed by atoms with Crippen LogP contribution in [0, 0.1) is 0 Å². The number of hydrogen-bond donors (Lipinski definition) is 3. The van der Waals surface area contributed by atoms with Crippen LogP contribution >= 0.6 is 0 Å². The molecule has 2 rings (SSSR count). The van der Waals surface area contributed by atoms with Crippen molar-refractivity contribution >= 4 is 22.6 Å². The first-order valence-corrected chi connectivity index (χ1v) is 6.26. The summed E-state index contributed by atoms with van der Waals surface area (Å²) in [5.41, 5.74) is 0.180. The number of amides is 2. The zero-order valence-corrected chi connectivity index (χ0v) is 11.2. The summed E-state index contributed by atoms with van der Waals surface area (Å²) < 4.78 is 0. The standard InChI is InChI=1S/C14H14N4O3/c1-2-7-15-13(20)14(21)16-8-11-9-5-3-4-6-10(9)12(19)18-17-11/h2-6H,1,7-8H2,(H,15,20)(H,16,21)(H,18,19). The lowest BCUT2D eigenvalue weighted by Crippen LogP contribution is -2.39. The maximum Gasteiger partial charge on any atom is 0.309 e. The quantitative estimate of drug-likeness (QED) is 0.536. The highest BCUT2D eigenvalue weighted by atomic mass is 16.2. The minimum Gasteiger partial charge on any atom is -0.344 e. The zero-order valence-electron chi connectivity index (χ0n) is 11.2.